The monoisotopic (exact) mass is 274 g/mol. The maximum Gasteiger partial charge on any atom is 0.270 e. The van der Waals surface area contributed by atoms with Crippen molar-refractivity contribution in [3.8, 4) is 0 Å². The van der Waals surface area contributed by atoms with E-state index in [1.807, 2.05) is 6.92 Å². The molecule has 0 aliphatic carbocycles. The van der Waals surface area contributed by atoms with Crippen molar-refractivity contribution in [2.45, 2.75) is 13.5 Å². The van der Waals surface area contributed by atoms with Gasteiger partial charge in [0.05, 0.1) is 18.2 Å². The number of carbonyl (C=O) groups excluding carboxylic acids is 1. The Bertz CT molecular complexity index is 393. The number of ether oxygens (including phenoxy) is 1. The molecule has 1 aromatic heterocycles. The molecule has 102 valence electrons. The van der Waals surface area contributed by atoms with E-state index in [0.717, 1.165) is 0 Å². The molecule has 6 heteroatoms. The number of carbonyl (C=O) groups is 1. The van der Waals surface area contributed by atoms with Crippen LogP contribution in [0.1, 0.15) is 17.4 Å². The first kappa shape index (κ1) is 15.0. The highest BCUT2D eigenvalue weighted by atomic mass is 35.5. The lowest BCUT2D eigenvalue weighted by Gasteiger charge is -2.21. The van der Waals surface area contributed by atoms with E-state index in [-0.39, 0.29) is 19.1 Å². The maximum absolute atomic E-state index is 12.3. The van der Waals surface area contributed by atoms with Gasteiger partial charge in [-0.05, 0) is 13.0 Å². The van der Waals surface area contributed by atoms with Crippen molar-refractivity contribution >= 4 is 17.5 Å². The van der Waals surface area contributed by atoms with Crippen LogP contribution < -0.4 is 0 Å². The van der Waals surface area contributed by atoms with Crippen LogP contribution in [0.4, 0.5) is 0 Å². The molecule has 5 nitrogen and oxygen atoms in total. The van der Waals surface area contributed by atoms with Gasteiger partial charge in [-0.25, -0.2) is 0 Å². The number of aryl methyl sites for hydroxylation is 1. The minimum Gasteiger partial charge on any atom is -0.395 e. The van der Waals surface area contributed by atoms with Gasteiger partial charge in [0.1, 0.15) is 5.69 Å². The Kier molecular flexibility index (Phi) is 6.18. The van der Waals surface area contributed by atoms with Gasteiger partial charge in [-0.2, -0.15) is 0 Å². The summed E-state index contributed by atoms with van der Waals surface area (Å²) in [5.74, 6) is -0.144. The molecule has 0 aliphatic rings. The van der Waals surface area contributed by atoms with Crippen LogP contribution in [0, 0.1) is 0 Å². The number of nitrogens with zero attached hydrogens (tertiary/aromatic N) is 2. The van der Waals surface area contributed by atoms with Gasteiger partial charge in [0, 0.05) is 32.9 Å². The molecular weight excluding hydrogens is 256 g/mol. The number of hydrogen-bond acceptors (Lipinski definition) is 3. The summed E-state index contributed by atoms with van der Waals surface area (Å²) in [6.07, 6.45) is 1.72. The van der Waals surface area contributed by atoms with E-state index in [9.17, 15) is 4.79 Å². The molecule has 0 spiro atoms. The smallest absolute Gasteiger partial charge is 0.270 e. The number of aliphatic hydroxyl groups excluding tert-OH is 1. The molecule has 1 amide bonds. The minimum atomic E-state index is -0.144. The fourth-order valence-corrected chi connectivity index (χ4v) is 1.94. The van der Waals surface area contributed by atoms with Crippen LogP contribution in [-0.4, -0.2) is 53.9 Å². The molecule has 0 radical (unpaired) electrons. The van der Waals surface area contributed by atoms with E-state index in [1.54, 1.807) is 28.8 Å². The van der Waals surface area contributed by atoms with E-state index in [1.165, 1.54) is 0 Å². The van der Waals surface area contributed by atoms with Crippen LogP contribution >= 0.6 is 11.6 Å². The van der Waals surface area contributed by atoms with Gasteiger partial charge in [-0.3, -0.25) is 4.79 Å². The number of halogens is 1. The summed E-state index contributed by atoms with van der Waals surface area (Å²) in [5, 5.41) is 9.53. The predicted octanol–water partition coefficient (Wildman–Crippen LogP) is 1.24. The first-order valence-corrected chi connectivity index (χ1v) is 6.26. The fraction of sp³-hybridized carbons (Fsp3) is 0.583. The highest BCUT2D eigenvalue weighted by Gasteiger charge is 2.19. The zero-order chi connectivity index (χ0) is 13.5. The van der Waals surface area contributed by atoms with Crippen molar-refractivity contribution in [2.24, 2.45) is 0 Å². The second kappa shape index (κ2) is 7.41. The largest absolute Gasteiger partial charge is 0.395 e. The quantitative estimate of drug-likeness (QED) is 0.814. The van der Waals surface area contributed by atoms with Gasteiger partial charge >= 0.3 is 0 Å². The molecule has 1 heterocycles. The van der Waals surface area contributed by atoms with Crippen molar-refractivity contribution in [3.63, 3.8) is 0 Å². The summed E-state index contributed by atoms with van der Waals surface area (Å²) in [6, 6.07) is 1.64. The van der Waals surface area contributed by atoms with Crippen molar-refractivity contribution in [3.05, 3.63) is 23.0 Å². The van der Waals surface area contributed by atoms with Crippen molar-refractivity contribution in [1.29, 1.82) is 0 Å². The molecule has 1 aromatic rings. The topological polar surface area (TPSA) is 54.7 Å². The Morgan fingerprint density at radius 1 is 1.56 bits per heavy atom. The summed E-state index contributed by atoms with van der Waals surface area (Å²) in [5.41, 5.74) is 0.534. The summed E-state index contributed by atoms with van der Waals surface area (Å²) in [7, 11) is 1.58. The molecule has 0 bridgehead atoms. The average molecular weight is 275 g/mol. The highest BCUT2D eigenvalue weighted by Crippen LogP contribution is 2.16. The molecule has 1 rings (SSSR count). The minimum absolute atomic E-state index is 0.0734. The molecule has 0 saturated carbocycles. The Hall–Kier alpha value is -1.04. The van der Waals surface area contributed by atoms with Crippen molar-refractivity contribution < 1.29 is 14.6 Å². The number of aromatic nitrogens is 1. The van der Waals surface area contributed by atoms with Crippen molar-refractivity contribution in [1.82, 2.24) is 9.47 Å². The molecule has 0 aromatic carbocycles. The average Bonchev–Trinajstić information content (AvgIpc) is 2.75. The van der Waals surface area contributed by atoms with Crippen LogP contribution in [0.5, 0.6) is 0 Å². The van der Waals surface area contributed by atoms with Gasteiger partial charge in [0.15, 0.2) is 0 Å². The van der Waals surface area contributed by atoms with Gasteiger partial charge in [0.2, 0.25) is 0 Å². The highest BCUT2D eigenvalue weighted by molar-refractivity contribution is 6.31. The van der Waals surface area contributed by atoms with E-state index in [0.29, 0.717) is 30.4 Å². The summed E-state index contributed by atoms with van der Waals surface area (Å²) in [6.45, 7) is 3.71. The Morgan fingerprint density at radius 2 is 2.28 bits per heavy atom. The molecule has 18 heavy (non-hydrogen) atoms. The second-order valence-corrected chi connectivity index (χ2v) is 4.27. The van der Waals surface area contributed by atoms with Gasteiger partial charge in [-0.1, -0.05) is 11.6 Å². The number of amides is 1. The van der Waals surface area contributed by atoms with E-state index in [4.69, 9.17) is 21.4 Å². The fourth-order valence-electron chi connectivity index (χ4n) is 1.71. The summed E-state index contributed by atoms with van der Waals surface area (Å²) < 4.78 is 6.75. The van der Waals surface area contributed by atoms with Crippen LogP contribution in [0.15, 0.2) is 12.3 Å². The van der Waals surface area contributed by atoms with Crippen LogP contribution in [0.2, 0.25) is 5.02 Å². The Morgan fingerprint density at radius 3 is 2.83 bits per heavy atom. The van der Waals surface area contributed by atoms with Gasteiger partial charge < -0.3 is 19.3 Å². The molecule has 1 N–H and O–H groups in total. The van der Waals surface area contributed by atoms with Crippen LogP contribution in [0.3, 0.4) is 0 Å². The van der Waals surface area contributed by atoms with Gasteiger partial charge in [-0.15, -0.1) is 0 Å². The summed E-state index contributed by atoms with van der Waals surface area (Å²) >= 11 is 5.91. The van der Waals surface area contributed by atoms with Gasteiger partial charge in [0.25, 0.3) is 5.91 Å². The zero-order valence-electron chi connectivity index (χ0n) is 10.7. The third kappa shape index (κ3) is 3.73. The molecule has 0 unspecified atom stereocenters. The Balaban J connectivity index is 2.86. The van der Waals surface area contributed by atoms with E-state index in [2.05, 4.69) is 0 Å². The molecule has 0 fully saturated rings. The van der Waals surface area contributed by atoms with Crippen LogP contribution in [0.25, 0.3) is 0 Å². The zero-order valence-corrected chi connectivity index (χ0v) is 11.5. The van der Waals surface area contributed by atoms with E-state index >= 15 is 0 Å². The predicted molar refractivity (Wildman–Crippen MR) is 70.0 cm³/mol. The number of hydrogen-bond donors (Lipinski definition) is 1. The number of rotatable bonds is 7. The SMILES string of the molecule is CCn1cc(Cl)cc1C(=O)N(CCO)CCOC. The molecular formula is C12H19ClN2O3. The third-order valence-corrected chi connectivity index (χ3v) is 2.85. The number of aliphatic hydroxyl groups is 1. The van der Waals surface area contributed by atoms with Crippen molar-refractivity contribution in [2.75, 3.05) is 33.4 Å². The maximum atomic E-state index is 12.3. The molecule has 0 aliphatic heterocycles. The summed E-state index contributed by atoms with van der Waals surface area (Å²) in [4.78, 5) is 13.9. The first-order valence-electron chi connectivity index (χ1n) is 5.88. The van der Waals surface area contributed by atoms with Crippen LogP contribution in [-0.2, 0) is 11.3 Å². The number of methoxy groups -OCH3 is 1. The lowest BCUT2D eigenvalue weighted by molar-refractivity contribution is 0.0646. The lowest BCUT2D eigenvalue weighted by atomic mass is 10.3. The Labute approximate surface area is 112 Å². The third-order valence-electron chi connectivity index (χ3n) is 2.65. The normalized spacial score (nSPS) is 10.7. The second-order valence-electron chi connectivity index (χ2n) is 3.84. The lowest BCUT2D eigenvalue weighted by Crippen LogP contribution is -2.37. The van der Waals surface area contributed by atoms with E-state index < -0.39 is 0 Å². The molecule has 0 saturated heterocycles. The standard InChI is InChI=1S/C12H19ClN2O3/c1-3-14-9-10(13)8-11(14)12(17)15(4-6-16)5-7-18-2/h8-9,16H,3-7H2,1-2H3. The molecule has 0 atom stereocenters. The first-order chi connectivity index (χ1) is 8.63.